The number of amides is 1. The van der Waals surface area contributed by atoms with Crippen LogP contribution in [-0.4, -0.2) is 51.6 Å². The Morgan fingerprint density at radius 3 is 2.32 bits per heavy atom. The molecule has 1 saturated carbocycles. The molecule has 1 fully saturated rings. The third-order valence-corrected chi connectivity index (χ3v) is 12.3. The van der Waals surface area contributed by atoms with Gasteiger partial charge in [0.25, 0.3) is 0 Å². The number of carbonyl (C=O) groups excluding carboxylic acids is 2. The summed E-state index contributed by atoms with van der Waals surface area (Å²) in [6.07, 6.45) is -1.46. The summed E-state index contributed by atoms with van der Waals surface area (Å²) in [5.41, 5.74) is 0.351. The Kier molecular flexibility index (Phi) is 12.2. The third-order valence-electron chi connectivity index (χ3n) is 12.3. The van der Waals surface area contributed by atoms with Crippen LogP contribution in [-0.2, 0) is 13.0 Å². The number of allylic oxidation sites excluding steroid dienone is 2. The van der Waals surface area contributed by atoms with Crippen LogP contribution >= 0.6 is 0 Å². The molecular weight excluding hydrogens is 782 g/mol. The van der Waals surface area contributed by atoms with Crippen molar-refractivity contribution in [2.45, 2.75) is 89.3 Å². The molecule has 0 spiro atoms. The summed E-state index contributed by atoms with van der Waals surface area (Å²) in [7, 11) is 0. The maximum atomic E-state index is 14.5. The van der Waals surface area contributed by atoms with Crippen LogP contribution in [0.1, 0.15) is 90.9 Å². The van der Waals surface area contributed by atoms with Crippen molar-refractivity contribution in [2.75, 3.05) is 6.54 Å². The maximum Gasteiger partial charge on any atom is 0.573 e. The van der Waals surface area contributed by atoms with Crippen LogP contribution in [0.2, 0.25) is 0 Å². The van der Waals surface area contributed by atoms with E-state index >= 15 is 0 Å². The lowest BCUT2D eigenvalue weighted by Crippen LogP contribution is -2.54. The third kappa shape index (κ3) is 9.40. The molecule has 4 atom stereocenters. The van der Waals surface area contributed by atoms with Gasteiger partial charge in [-0.15, -0.1) is 13.2 Å². The lowest BCUT2D eigenvalue weighted by atomic mass is 9.64. The molecule has 0 saturated heterocycles. The van der Waals surface area contributed by atoms with Crippen molar-refractivity contribution in [1.29, 1.82) is 0 Å². The minimum absolute atomic E-state index is 0.0586. The Hall–Kier alpha value is -5.59. The van der Waals surface area contributed by atoms with E-state index in [0.717, 1.165) is 40.6 Å². The number of hydrogen-bond donors (Lipinski definition) is 2. The Bertz CT molecular complexity index is 2420. The van der Waals surface area contributed by atoms with Gasteiger partial charge in [-0.2, -0.15) is 0 Å². The SMILES string of the molecule is CC1=CCC[C@@]2(C)[C@@H](CC[C@@]2(O)CN(Cc2ccc(OC(F)(F)F)cc2)C(=O)Oc2ccc3ccccc3c2)c2ccc(cc2C(=O)c2ccc(F)c(F)c2)C[C@@H](O)CC1. The highest BCUT2D eigenvalue weighted by molar-refractivity contribution is 6.10. The van der Waals surface area contributed by atoms with Gasteiger partial charge in [0, 0.05) is 23.1 Å². The highest BCUT2D eigenvalue weighted by Crippen LogP contribution is 2.59. The average molecular weight is 828 g/mol. The van der Waals surface area contributed by atoms with Crippen molar-refractivity contribution in [3.8, 4) is 11.5 Å². The molecule has 60 heavy (non-hydrogen) atoms. The van der Waals surface area contributed by atoms with Gasteiger partial charge in [0.15, 0.2) is 17.4 Å². The topological polar surface area (TPSA) is 96.3 Å². The first-order valence-electron chi connectivity index (χ1n) is 20.0. The van der Waals surface area contributed by atoms with Crippen LogP contribution in [0.3, 0.4) is 0 Å². The fourth-order valence-corrected chi connectivity index (χ4v) is 8.90. The number of rotatable bonds is 8. The lowest BCUT2D eigenvalue weighted by Gasteiger charge is -2.46. The monoisotopic (exact) mass is 827 g/mol. The standard InChI is InChI=1S/C48H46F5NO6/c1-30-6-5-22-46(2)41(39-19-12-32(24-36(55)15-9-30)25-40(39)44(56)35-14-20-42(49)43(50)27-35)21-23-47(46,58)29-54(28-31-10-16-37(17-11-31)60-48(51,52)53)45(57)59-38-18-13-33-7-3-4-8-34(33)26-38/h3-4,6-8,10-14,16-20,25-27,36,41,55,58H,5,9,15,21-24,28-29H2,1-2H3/t36-,41-,46-,47+/m0/s1. The van der Waals surface area contributed by atoms with Crippen molar-refractivity contribution in [1.82, 2.24) is 4.90 Å². The molecule has 8 rings (SSSR count). The molecule has 0 unspecified atom stereocenters. The van der Waals surface area contributed by atoms with Crippen LogP contribution in [0.4, 0.5) is 26.7 Å². The Labute approximate surface area is 345 Å². The minimum atomic E-state index is -4.89. The van der Waals surface area contributed by atoms with Crippen LogP contribution in [0.25, 0.3) is 10.8 Å². The van der Waals surface area contributed by atoms with Crippen molar-refractivity contribution >= 4 is 22.6 Å². The van der Waals surface area contributed by atoms with Gasteiger partial charge >= 0.3 is 12.5 Å². The fraction of sp³-hybridized carbons (Fsp3) is 0.333. The van der Waals surface area contributed by atoms with Crippen LogP contribution in [0, 0.1) is 17.0 Å². The van der Waals surface area contributed by atoms with E-state index in [9.17, 15) is 41.8 Å². The van der Waals surface area contributed by atoms with E-state index < -0.39 is 58.7 Å². The maximum absolute atomic E-state index is 14.5. The minimum Gasteiger partial charge on any atom is -0.410 e. The van der Waals surface area contributed by atoms with Gasteiger partial charge in [-0.3, -0.25) is 4.79 Å². The van der Waals surface area contributed by atoms with E-state index in [1.165, 1.54) is 23.1 Å². The normalized spacial score (nSPS) is 22.1. The predicted molar refractivity (Wildman–Crippen MR) is 217 cm³/mol. The van der Waals surface area contributed by atoms with Crippen molar-refractivity contribution < 1.29 is 51.2 Å². The largest absolute Gasteiger partial charge is 0.573 e. The number of carbonyl (C=O) groups is 2. The number of ketones is 1. The molecule has 0 radical (unpaired) electrons. The summed E-state index contributed by atoms with van der Waals surface area (Å²) in [5.74, 6) is -3.46. The fourth-order valence-electron chi connectivity index (χ4n) is 8.90. The summed E-state index contributed by atoms with van der Waals surface area (Å²) in [4.78, 5) is 29.9. The molecule has 2 bridgehead atoms. The first kappa shape index (κ1) is 42.5. The second-order valence-corrected chi connectivity index (χ2v) is 16.3. The van der Waals surface area contributed by atoms with Gasteiger partial charge in [-0.05, 0) is 134 Å². The van der Waals surface area contributed by atoms with Crippen LogP contribution in [0.5, 0.6) is 11.5 Å². The molecule has 2 N–H and O–H groups in total. The number of halogens is 5. The van der Waals surface area contributed by atoms with Gasteiger partial charge in [0.2, 0.25) is 0 Å². The first-order valence-corrected chi connectivity index (χ1v) is 20.0. The lowest BCUT2D eigenvalue weighted by molar-refractivity contribution is -0.274. The first-order chi connectivity index (χ1) is 28.5. The molecule has 0 aromatic heterocycles. The molecule has 7 nitrogen and oxygen atoms in total. The molecule has 0 heterocycles. The van der Waals surface area contributed by atoms with Gasteiger partial charge < -0.3 is 24.6 Å². The van der Waals surface area contributed by atoms with Crippen LogP contribution in [0.15, 0.2) is 115 Å². The molecule has 3 aliphatic rings. The number of aliphatic hydroxyl groups excluding tert-OH is 1. The Balaban J connectivity index is 1.28. The zero-order valence-electron chi connectivity index (χ0n) is 33.3. The van der Waals surface area contributed by atoms with Gasteiger partial charge in [-0.25, -0.2) is 13.6 Å². The Morgan fingerprint density at radius 1 is 0.850 bits per heavy atom. The quantitative estimate of drug-likeness (QED) is 0.0919. The molecule has 314 valence electrons. The number of ether oxygens (including phenoxy) is 2. The smallest absolute Gasteiger partial charge is 0.410 e. The predicted octanol–water partition coefficient (Wildman–Crippen LogP) is 11.0. The van der Waals surface area contributed by atoms with E-state index in [1.54, 1.807) is 18.2 Å². The number of fused-ring (bicyclic) bond motifs is 9. The summed E-state index contributed by atoms with van der Waals surface area (Å²) in [6, 6.07) is 26.2. The average Bonchev–Trinajstić information content (AvgIpc) is 3.46. The Morgan fingerprint density at radius 2 is 1.58 bits per heavy atom. The zero-order valence-corrected chi connectivity index (χ0v) is 33.3. The van der Waals surface area contributed by atoms with E-state index in [-0.39, 0.29) is 42.8 Å². The molecule has 5 aromatic rings. The van der Waals surface area contributed by atoms with Gasteiger partial charge in [0.1, 0.15) is 11.5 Å². The second kappa shape index (κ2) is 17.2. The van der Waals surface area contributed by atoms with Crippen molar-refractivity contribution in [3.63, 3.8) is 0 Å². The van der Waals surface area contributed by atoms with E-state index in [2.05, 4.69) is 10.8 Å². The number of benzene rings is 5. The molecule has 0 aliphatic heterocycles. The molecular formula is C48H46F5NO6. The molecule has 12 heteroatoms. The van der Waals surface area contributed by atoms with Crippen LogP contribution < -0.4 is 9.47 Å². The second-order valence-electron chi connectivity index (χ2n) is 16.3. The summed E-state index contributed by atoms with van der Waals surface area (Å²) in [5, 5.41) is 25.8. The number of nitrogens with zero attached hydrogens (tertiary/aromatic N) is 1. The van der Waals surface area contributed by atoms with E-state index in [0.29, 0.717) is 48.8 Å². The van der Waals surface area contributed by atoms with Gasteiger partial charge in [-0.1, -0.05) is 73.2 Å². The molecule has 5 aromatic carbocycles. The highest BCUT2D eigenvalue weighted by atomic mass is 19.4. The summed E-state index contributed by atoms with van der Waals surface area (Å²) >= 11 is 0. The summed E-state index contributed by atoms with van der Waals surface area (Å²) in [6.45, 7) is 3.53. The van der Waals surface area contributed by atoms with E-state index in [1.807, 2.05) is 56.3 Å². The van der Waals surface area contributed by atoms with Crippen molar-refractivity contribution in [3.05, 3.63) is 154 Å². The van der Waals surface area contributed by atoms with Crippen molar-refractivity contribution in [2.24, 2.45) is 5.41 Å². The molecule has 1 amide bonds. The number of hydrogen-bond acceptors (Lipinski definition) is 6. The zero-order chi connectivity index (χ0) is 42.8. The van der Waals surface area contributed by atoms with Gasteiger partial charge in [0.05, 0.1) is 18.2 Å². The highest BCUT2D eigenvalue weighted by Gasteiger charge is 2.58. The number of alkyl halides is 3. The summed E-state index contributed by atoms with van der Waals surface area (Å²) < 4.78 is 77.4. The number of aliphatic hydroxyl groups is 2. The molecule has 3 aliphatic carbocycles. The van der Waals surface area contributed by atoms with E-state index in [4.69, 9.17) is 4.74 Å².